The molecule has 0 bridgehead atoms. The van der Waals surface area contributed by atoms with Crippen molar-refractivity contribution in [2.24, 2.45) is 0 Å². The van der Waals surface area contributed by atoms with Crippen LogP contribution in [0, 0.1) is 0 Å². The highest BCUT2D eigenvalue weighted by Gasteiger charge is 2.40. The second-order valence-electron chi connectivity index (χ2n) is 10.7. The molecule has 14 heteroatoms. The Kier molecular flexibility index (Phi) is 7.42. The van der Waals surface area contributed by atoms with E-state index < -0.39 is 11.9 Å². The summed E-state index contributed by atoms with van der Waals surface area (Å²) < 4.78 is 11.8. The van der Waals surface area contributed by atoms with Crippen LogP contribution in [0.15, 0.2) is 24.3 Å². The molecule has 4 amide bonds. The van der Waals surface area contributed by atoms with E-state index in [2.05, 4.69) is 42.8 Å². The molecule has 0 saturated carbocycles. The Bertz CT molecular complexity index is 1390. The fourth-order valence-electron chi connectivity index (χ4n) is 6.22. The molecule has 5 rings (SSSR count). The summed E-state index contributed by atoms with van der Waals surface area (Å²) in [6.45, 7) is 1.49. The Hall–Kier alpha value is -3.40. The second-order valence-corrected chi connectivity index (χ2v) is 10.7. The zero-order chi connectivity index (χ0) is 28.0. The number of nitrogens with one attached hydrogen (secondary N) is 1. The van der Waals surface area contributed by atoms with Gasteiger partial charge >= 0.3 is 0 Å². The minimum Gasteiger partial charge on any atom is -0.495 e. The van der Waals surface area contributed by atoms with E-state index in [1.165, 1.54) is 4.90 Å². The third-order valence-corrected chi connectivity index (χ3v) is 8.38. The first-order valence-corrected chi connectivity index (χ1v) is 13.5. The number of rotatable bonds is 6. The number of carbonyl (C=O) groups excluding carboxylic acids is 4. The van der Waals surface area contributed by atoms with Crippen LogP contribution in [0.25, 0.3) is 0 Å². The summed E-state index contributed by atoms with van der Waals surface area (Å²) >= 11 is 0. The normalized spacial score (nSPS) is 21.0. The number of carbonyl (C=O) groups is 4. The summed E-state index contributed by atoms with van der Waals surface area (Å²) in [6.07, 6.45) is 0.527. The van der Waals surface area contributed by atoms with E-state index in [-0.39, 0.29) is 49.2 Å². The van der Waals surface area contributed by atoms with Crippen molar-refractivity contribution < 1.29 is 28.7 Å². The Morgan fingerprint density at radius 2 is 1.85 bits per heavy atom. The first-order chi connectivity index (χ1) is 18.6. The predicted molar refractivity (Wildman–Crippen MR) is 159 cm³/mol. The van der Waals surface area contributed by atoms with Crippen molar-refractivity contribution in [1.29, 1.82) is 0 Å². The molecule has 39 heavy (non-hydrogen) atoms. The molecule has 196 valence electrons. The minimum absolute atomic E-state index is 0.00446. The second kappa shape index (κ2) is 10.6. The van der Waals surface area contributed by atoms with Crippen LogP contribution >= 0.6 is 0 Å². The number of amides is 4. The van der Waals surface area contributed by atoms with Crippen LogP contribution < -0.4 is 26.4 Å². The molecule has 3 aliphatic rings. The van der Waals surface area contributed by atoms with Gasteiger partial charge in [-0.3, -0.25) is 24.5 Å². The largest absolute Gasteiger partial charge is 0.495 e. The zero-order valence-corrected chi connectivity index (χ0v) is 23.1. The first kappa shape index (κ1) is 27.2. The predicted octanol–water partition coefficient (Wildman–Crippen LogP) is -5.58. The maximum absolute atomic E-state index is 13.2. The van der Waals surface area contributed by atoms with Crippen molar-refractivity contribution in [1.82, 2.24) is 15.1 Å². The molecule has 9 nitrogen and oxygen atoms in total. The van der Waals surface area contributed by atoms with E-state index in [1.54, 1.807) is 12.1 Å². The van der Waals surface area contributed by atoms with Crippen LogP contribution in [-0.2, 0) is 25.7 Å². The number of ether oxygens (including phenoxy) is 2. The molecule has 0 spiro atoms. The lowest BCUT2D eigenvalue weighted by molar-refractivity contribution is -0.143. The summed E-state index contributed by atoms with van der Waals surface area (Å²) in [5.41, 5.74) is 6.78. The van der Waals surface area contributed by atoms with Crippen LogP contribution in [0.1, 0.15) is 51.8 Å². The average Bonchev–Trinajstić information content (AvgIpc) is 3.23. The highest BCUT2D eigenvalue weighted by atomic mass is 16.5. The fraction of sp³-hybridized carbons (Fsp3) is 0.360. The van der Waals surface area contributed by atoms with E-state index in [0.29, 0.717) is 30.9 Å². The Labute approximate surface area is 232 Å². The molecule has 2 fully saturated rings. The summed E-state index contributed by atoms with van der Waals surface area (Å²) in [4.78, 5) is 53.1. The first-order valence-electron chi connectivity index (χ1n) is 13.5. The van der Waals surface area contributed by atoms with Crippen LogP contribution in [0.4, 0.5) is 0 Å². The van der Waals surface area contributed by atoms with Gasteiger partial charge in [0, 0.05) is 30.0 Å². The van der Waals surface area contributed by atoms with Gasteiger partial charge in [-0.25, -0.2) is 0 Å². The lowest BCUT2D eigenvalue weighted by atomic mass is 9.64. The maximum atomic E-state index is 13.2. The minimum atomic E-state index is -0.673. The van der Waals surface area contributed by atoms with Gasteiger partial charge in [0.05, 0.1) is 19.2 Å². The van der Waals surface area contributed by atoms with E-state index in [0.717, 1.165) is 33.1 Å². The van der Waals surface area contributed by atoms with Gasteiger partial charge in [0.1, 0.15) is 49.8 Å². The molecule has 0 aromatic heterocycles. The maximum Gasteiger partial charge on any atom is 0.255 e. The Morgan fingerprint density at radius 3 is 2.56 bits per heavy atom. The quantitative estimate of drug-likeness (QED) is 0.300. The summed E-state index contributed by atoms with van der Waals surface area (Å²) in [6, 6.07) is 6.56. The van der Waals surface area contributed by atoms with Gasteiger partial charge in [0.15, 0.2) is 7.85 Å². The number of fused-ring (bicyclic) bond motifs is 1. The van der Waals surface area contributed by atoms with Gasteiger partial charge in [0.2, 0.25) is 17.7 Å². The van der Waals surface area contributed by atoms with E-state index >= 15 is 0 Å². The highest BCUT2D eigenvalue weighted by molar-refractivity contribution is 6.52. The van der Waals surface area contributed by atoms with Crippen molar-refractivity contribution in [2.75, 3.05) is 19.8 Å². The summed E-state index contributed by atoms with van der Waals surface area (Å²) in [5.74, 6) is -0.420. The number of hydrogen-bond donors (Lipinski definition) is 1. The lowest BCUT2D eigenvalue weighted by Crippen LogP contribution is -2.52. The zero-order valence-electron chi connectivity index (χ0n) is 23.1. The number of nitrogens with zero attached hydrogens (tertiary/aromatic N) is 2. The van der Waals surface area contributed by atoms with Gasteiger partial charge in [-0.05, 0) is 29.7 Å². The smallest absolute Gasteiger partial charge is 0.255 e. The van der Waals surface area contributed by atoms with Crippen LogP contribution in [0.5, 0.6) is 5.75 Å². The number of benzene rings is 2. The molecular weight excluding hydrogens is 492 g/mol. The molecule has 3 unspecified atom stereocenters. The molecule has 3 heterocycles. The van der Waals surface area contributed by atoms with Gasteiger partial charge in [0.25, 0.3) is 5.91 Å². The van der Waals surface area contributed by atoms with Crippen molar-refractivity contribution >= 4 is 79.2 Å². The van der Waals surface area contributed by atoms with Crippen LogP contribution in [-0.4, -0.2) is 98.5 Å². The highest BCUT2D eigenvalue weighted by Crippen LogP contribution is 2.35. The number of hydrogen-bond acceptors (Lipinski definition) is 6. The lowest BCUT2D eigenvalue weighted by Gasteiger charge is -2.35. The number of imide groups is 1. The molecule has 3 atom stereocenters. The van der Waals surface area contributed by atoms with E-state index in [1.807, 2.05) is 18.8 Å². The molecule has 2 aromatic rings. The van der Waals surface area contributed by atoms with Gasteiger partial charge in [-0.2, -0.15) is 0 Å². The molecule has 2 aromatic carbocycles. The van der Waals surface area contributed by atoms with Gasteiger partial charge < -0.3 is 19.3 Å². The van der Waals surface area contributed by atoms with Crippen LogP contribution in [0.3, 0.4) is 0 Å². The molecule has 0 radical (unpaired) electrons. The molecule has 2 saturated heterocycles. The van der Waals surface area contributed by atoms with Crippen molar-refractivity contribution in [2.45, 2.75) is 37.4 Å². The third kappa shape index (κ3) is 4.90. The van der Waals surface area contributed by atoms with E-state index in [9.17, 15) is 19.2 Å². The molecule has 1 N–H and O–H groups in total. The number of piperidine rings is 1. The van der Waals surface area contributed by atoms with Crippen molar-refractivity contribution in [3.63, 3.8) is 0 Å². The topological polar surface area (TPSA) is 105 Å². The van der Waals surface area contributed by atoms with Gasteiger partial charge in [-0.15, -0.1) is 0 Å². The SMILES string of the molecule is Bc1cc(C(B)Oc2cccc3c2CN(C2CCC(=O)NC2=O)C3=O)c(B)c(B)c1C(B)N1CCOCC1=O. The van der Waals surface area contributed by atoms with Crippen molar-refractivity contribution in [3.8, 4) is 5.75 Å². The standard InChI is InChI=1S/C25H30B5N3O6/c26-14-8-12(20(27)21(28)19(14)22(29)32-6-7-38-10-18(32)35)23(30)39-16-3-1-2-11-13(16)9-33(25(11)37)15-4-5-17(34)31-24(15)36/h1-3,8,15,22-23H,4-7,9-10,26-30H2,(H,31,34,36). The average molecular weight is 523 g/mol. The van der Waals surface area contributed by atoms with Gasteiger partial charge in [-0.1, -0.05) is 28.5 Å². The Morgan fingerprint density at radius 1 is 1.08 bits per heavy atom. The summed E-state index contributed by atoms with van der Waals surface area (Å²) in [7, 11) is 10.3. The van der Waals surface area contributed by atoms with Crippen molar-refractivity contribution in [3.05, 3.63) is 46.5 Å². The molecular formula is C25H30B5N3O6. The van der Waals surface area contributed by atoms with Crippen LogP contribution in [0.2, 0.25) is 0 Å². The monoisotopic (exact) mass is 523 g/mol. The molecule has 0 aliphatic carbocycles. The fourth-order valence-corrected chi connectivity index (χ4v) is 6.22. The summed E-state index contributed by atoms with van der Waals surface area (Å²) in [5, 5.41) is 2.34. The van der Waals surface area contributed by atoms with E-state index in [4.69, 9.17) is 9.47 Å². The Balaban J connectivity index is 1.39. The third-order valence-electron chi connectivity index (χ3n) is 8.38. The number of morpholine rings is 1. The molecule has 3 aliphatic heterocycles.